The van der Waals surface area contributed by atoms with E-state index in [0.29, 0.717) is 23.3 Å². The van der Waals surface area contributed by atoms with Crippen LogP contribution in [0, 0.1) is 20.8 Å². The van der Waals surface area contributed by atoms with Gasteiger partial charge in [-0.3, -0.25) is 9.78 Å². The van der Waals surface area contributed by atoms with Crippen LogP contribution in [0.15, 0.2) is 50.3 Å². The summed E-state index contributed by atoms with van der Waals surface area (Å²) in [5.41, 5.74) is 3.78. The van der Waals surface area contributed by atoms with Crippen molar-refractivity contribution in [2.45, 2.75) is 33.7 Å². The van der Waals surface area contributed by atoms with Gasteiger partial charge in [-0.1, -0.05) is 0 Å². The van der Waals surface area contributed by atoms with Crippen molar-refractivity contribution in [3.05, 3.63) is 75.1 Å². The van der Waals surface area contributed by atoms with Gasteiger partial charge in [0.2, 0.25) is 5.91 Å². The standard InChI is InChI=1S/C22H20N2O4/c1-12-14(3)27-19-10-20-17(8-16(12)19)13(2)18(22(26)28-20)9-21(25)24-11-15-4-6-23-7-5-15/h4-8,10H,9,11H2,1-3H3,(H,24,25). The van der Waals surface area contributed by atoms with Crippen LogP contribution in [0.3, 0.4) is 0 Å². The summed E-state index contributed by atoms with van der Waals surface area (Å²) in [4.78, 5) is 28.8. The fourth-order valence-electron chi connectivity index (χ4n) is 3.35. The highest BCUT2D eigenvalue weighted by atomic mass is 16.4. The summed E-state index contributed by atoms with van der Waals surface area (Å²) in [5, 5.41) is 4.62. The molecule has 3 aromatic heterocycles. The molecule has 4 aromatic rings. The molecule has 0 unspecified atom stereocenters. The van der Waals surface area contributed by atoms with E-state index >= 15 is 0 Å². The number of nitrogens with zero attached hydrogens (tertiary/aromatic N) is 1. The van der Waals surface area contributed by atoms with E-state index in [2.05, 4.69) is 10.3 Å². The van der Waals surface area contributed by atoms with Crippen molar-refractivity contribution in [1.82, 2.24) is 10.3 Å². The number of carbonyl (C=O) groups excluding carboxylic acids is 1. The van der Waals surface area contributed by atoms with Crippen molar-refractivity contribution in [2.24, 2.45) is 0 Å². The number of nitrogens with one attached hydrogen (secondary N) is 1. The number of aromatic nitrogens is 1. The number of hydrogen-bond acceptors (Lipinski definition) is 5. The molecule has 142 valence electrons. The monoisotopic (exact) mass is 376 g/mol. The summed E-state index contributed by atoms with van der Waals surface area (Å²) < 4.78 is 11.2. The Morgan fingerprint density at radius 1 is 1.00 bits per heavy atom. The molecule has 0 atom stereocenters. The normalized spacial score (nSPS) is 11.2. The molecule has 1 amide bonds. The van der Waals surface area contributed by atoms with Crippen molar-refractivity contribution in [2.75, 3.05) is 0 Å². The molecule has 0 aliphatic heterocycles. The second-order valence-electron chi connectivity index (χ2n) is 6.93. The Balaban J connectivity index is 1.66. The minimum absolute atomic E-state index is 0.0311. The highest BCUT2D eigenvalue weighted by Crippen LogP contribution is 2.30. The largest absolute Gasteiger partial charge is 0.461 e. The molecule has 0 spiro atoms. The second kappa shape index (κ2) is 6.96. The number of rotatable bonds is 4. The SMILES string of the molecule is Cc1oc2cc3oc(=O)c(CC(=O)NCc4ccncc4)c(C)c3cc2c1C. The van der Waals surface area contributed by atoms with Gasteiger partial charge in [-0.2, -0.15) is 0 Å². The molecule has 0 saturated heterocycles. The summed E-state index contributed by atoms with van der Waals surface area (Å²) in [6.45, 7) is 6.13. The van der Waals surface area contributed by atoms with Crippen LogP contribution in [0.2, 0.25) is 0 Å². The van der Waals surface area contributed by atoms with Gasteiger partial charge >= 0.3 is 5.63 Å². The molecule has 0 saturated carbocycles. The van der Waals surface area contributed by atoms with E-state index in [1.165, 1.54) is 0 Å². The first kappa shape index (κ1) is 18.0. The molecule has 1 aromatic carbocycles. The van der Waals surface area contributed by atoms with Crippen molar-refractivity contribution >= 4 is 27.8 Å². The van der Waals surface area contributed by atoms with E-state index in [0.717, 1.165) is 33.2 Å². The molecule has 6 nitrogen and oxygen atoms in total. The van der Waals surface area contributed by atoms with E-state index in [-0.39, 0.29) is 12.3 Å². The zero-order valence-corrected chi connectivity index (χ0v) is 16.0. The zero-order valence-electron chi connectivity index (χ0n) is 16.0. The summed E-state index contributed by atoms with van der Waals surface area (Å²) in [6.07, 6.45) is 3.31. The van der Waals surface area contributed by atoms with Gasteiger partial charge < -0.3 is 14.2 Å². The average molecular weight is 376 g/mol. The number of amides is 1. The molecule has 0 bridgehead atoms. The Kier molecular flexibility index (Phi) is 4.47. The molecule has 4 rings (SSSR count). The van der Waals surface area contributed by atoms with Crippen LogP contribution in [0.1, 0.15) is 28.0 Å². The van der Waals surface area contributed by atoms with Gasteiger partial charge in [0.05, 0.1) is 12.0 Å². The van der Waals surface area contributed by atoms with Gasteiger partial charge in [0.1, 0.15) is 16.9 Å². The summed E-state index contributed by atoms with van der Waals surface area (Å²) >= 11 is 0. The van der Waals surface area contributed by atoms with Gasteiger partial charge in [0.25, 0.3) is 0 Å². The number of aryl methyl sites for hydroxylation is 3. The van der Waals surface area contributed by atoms with E-state index in [4.69, 9.17) is 8.83 Å². The highest BCUT2D eigenvalue weighted by molar-refractivity contribution is 5.97. The van der Waals surface area contributed by atoms with Crippen LogP contribution in [-0.2, 0) is 17.8 Å². The van der Waals surface area contributed by atoms with E-state index in [1.807, 2.05) is 39.0 Å². The molecule has 0 fully saturated rings. The Labute approximate surface area is 161 Å². The third kappa shape index (κ3) is 3.17. The molecule has 0 radical (unpaired) electrons. The lowest BCUT2D eigenvalue weighted by molar-refractivity contribution is -0.120. The Hall–Kier alpha value is -3.41. The maximum atomic E-state index is 12.5. The lowest BCUT2D eigenvalue weighted by Crippen LogP contribution is -2.27. The van der Waals surface area contributed by atoms with Crippen LogP contribution in [0.5, 0.6) is 0 Å². The number of pyridine rings is 1. The predicted octanol–water partition coefficient (Wildman–Crippen LogP) is 3.72. The van der Waals surface area contributed by atoms with Crippen LogP contribution >= 0.6 is 0 Å². The second-order valence-corrected chi connectivity index (χ2v) is 6.93. The summed E-state index contributed by atoms with van der Waals surface area (Å²) in [7, 11) is 0. The van der Waals surface area contributed by atoms with Crippen LogP contribution in [0.4, 0.5) is 0 Å². The Morgan fingerprint density at radius 2 is 1.68 bits per heavy atom. The zero-order chi connectivity index (χ0) is 19.8. The molecule has 28 heavy (non-hydrogen) atoms. The van der Waals surface area contributed by atoms with Gasteiger partial charge in [-0.05, 0) is 55.7 Å². The van der Waals surface area contributed by atoms with Gasteiger partial charge in [-0.15, -0.1) is 0 Å². The first-order valence-corrected chi connectivity index (χ1v) is 9.05. The summed E-state index contributed by atoms with van der Waals surface area (Å²) in [5.74, 6) is 0.601. The number of furan rings is 1. The van der Waals surface area contributed by atoms with Gasteiger partial charge in [0, 0.05) is 35.8 Å². The number of hydrogen-bond donors (Lipinski definition) is 1. The molecule has 3 heterocycles. The maximum Gasteiger partial charge on any atom is 0.340 e. The number of carbonyl (C=O) groups is 1. The maximum absolute atomic E-state index is 12.5. The van der Waals surface area contributed by atoms with Crippen LogP contribution < -0.4 is 10.9 Å². The lowest BCUT2D eigenvalue weighted by atomic mass is 10.0. The highest BCUT2D eigenvalue weighted by Gasteiger charge is 2.17. The third-order valence-electron chi connectivity index (χ3n) is 5.16. The first-order chi connectivity index (χ1) is 13.4. The van der Waals surface area contributed by atoms with E-state index < -0.39 is 5.63 Å². The van der Waals surface area contributed by atoms with Gasteiger partial charge in [0.15, 0.2) is 0 Å². The Morgan fingerprint density at radius 3 is 2.43 bits per heavy atom. The fourth-order valence-corrected chi connectivity index (χ4v) is 3.35. The minimum atomic E-state index is -0.497. The molecular weight excluding hydrogens is 356 g/mol. The average Bonchev–Trinajstić information content (AvgIpc) is 2.96. The van der Waals surface area contributed by atoms with Crippen molar-refractivity contribution < 1.29 is 13.6 Å². The Bertz CT molecular complexity index is 1250. The fraction of sp³-hybridized carbons (Fsp3) is 0.227. The number of fused-ring (bicyclic) bond motifs is 2. The topological polar surface area (TPSA) is 85.3 Å². The molecule has 0 aliphatic carbocycles. The summed E-state index contributed by atoms with van der Waals surface area (Å²) in [6, 6.07) is 7.37. The smallest absolute Gasteiger partial charge is 0.340 e. The minimum Gasteiger partial charge on any atom is -0.461 e. The number of benzene rings is 1. The molecular formula is C22H20N2O4. The van der Waals surface area contributed by atoms with Crippen LogP contribution in [0.25, 0.3) is 21.9 Å². The third-order valence-corrected chi connectivity index (χ3v) is 5.16. The molecule has 6 heteroatoms. The first-order valence-electron chi connectivity index (χ1n) is 9.05. The molecule has 0 aliphatic rings. The van der Waals surface area contributed by atoms with Crippen molar-refractivity contribution in [3.63, 3.8) is 0 Å². The lowest BCUT2D eigenvalue weighted by Gasteiger charge is -2.09. The van der Waals surface area contributed by atoms with Gasteiger partial charge in [-0.25, -0.2) is 4.79 Å². The molecule has 1 N–H and O–H groups in total. The van der Waals surface area contributed by atoms with E-state index in [1.54, 1.807) is 18.5 Å². The quantitative estimate of drug-likeness (QED) is 0.549. The van der Waals surface area contributed by atoms with Crippen molar-refractivity contribution in [1.29, 1.82) is 0 Å². The van der Waals surface area contributed by atoms with Crippen LogP contribution in [-0.4, -0.2) is 10.9 Å². The van der Waals surface area contributed by atoms with E-state index in [9.17, 15) is 9.59 Å². The van der Waals surface area contributed by atoms with Crippen molar-refractivity contribution in [3.8, 4) is 0 Å². The predicted molar refractivity (Wildman–Crippen MR) is 106 cm³/mol.